The van der Waals surface area contributed by atoms with Gasteiger partial charge in [-0.3, -0.25) is 9.78 Å². The lowest BCUT2D eigenvalue weighted by molar-refractivity contribution is -0.122. The van der Waals surface area contributed by atoms with Crippen molar-refractivity contribution >= 4 is 5.91 Å². The molecule has 8 nitrogen and oxygen atoms in total. The molecule has 1 aliphatic heterocycles. The number of nitrogens with one attached hydrogen (secondary N) is 1. The number of hydrogen-bond donors (Lipinski definition) is 1. The normalized spacial score (nSPS) is 16.4. The van der Waals surface area contributed by atoms with Crippen molar-refractivity contribution in [2.45, 2.75) is 38.3 Å². The summed E-state index contributed by atoms with van der Waals surface area (Å²) in [7, 11) is 0. The highest BCUT2D eigenvalue weighted by Gasteiger charge is 2.20. The molecule has 0 fully saturated rings. The molecule has 8 heteroatoms. The number of pyridine rings is 1. The summed E-state index contributed by atoms with van der Waals surface area (Å²) in [6.07, 6.45) is 7.95. The van der Waals surface area contributed by atoms with Crippen molar-refractivity contribution in [1.82, 2.24) is 30.0 Å². The lowest BCUT2D eigenvalue weighted by atomic mass is 10.1. The molecule has 3 aromatic rings. The van der Waals surface area contributed by atoms with E-state index in [2.05, 4.69) is 30.0 Å². The van der Waals surface area contributed by atoms with Crippen LogP contribution in [0, 0.1) is 0 Å². The molecule has 0 saturated heterocycles. The Morgan fingerprint density at radius 2 is 2.28 bits per heavy atom. The first-order valence-corrected chi connectivity index (χ1v) is 8.31. The second-order valence-electron chi connectivity index (χ2n) is 6.03. The van der Waals surface area contributed by atoms with Gasteiger partial charge in [0.15, 0.2) is 0 Å². The highest BCUT2D eigenvalue weighted by atomic mass is 16.5. The molecule has 0 bridgehead atoms. The zero-order valence-electron chi connectivity index (χ0n) is 13.6. The molecule has 0 aliphatic carbocycles. The van der Waals surface area contributed by atoms with E-state index in [1.165, 1.54) is 0 Å². The Kier molecular flexibility index (Phi) is 4.24. The van der Waals surface area contributed by atoms with Gasteiger partial charge in [-0.25, -0.2) is 4.98 Å². The summed E-state index contributed by atoms with van der Waals surface area (Å²) in [4.78, 5) is 24.9. The van der Waals surface area contributed by atoms with Gasteiger partial charge in [0.05, 0.1) is 0 Å². The van der Waals surface area contributed by atoms with Crippen molar-refractivity contribution in [3.63, 3.8) is 0 Å². The molecule has 4 heterocycles. The monoisotopic (exact) mass is 338 g/mol. The van der Waals surface area contributed by atoms with Gasteiger partial charge in [0.1, 0.15) is 11.5 Å². The summed E-state index contributed by atoms with van der Waals surface area (Å²) in [5, 5.41) is 6.98. The highest BCUT2D eigenvalue weighted by molar-refractivity contribution is 5.76. The number of hydrogen-bond acceptors (Lipinski definition) is 6. The average molecular weight is 338 g/mol. The molecule has 0 unspecified atom stereocenters. The third-order valence-electron chi connectivity index (χ3n) is 4.23. The van der Waals surface area contributed by atoms with Crippen LogP contribution in [0.2, 0.25) is 0 Å². The summed E-state index contributed by atoms with van der Waals surface area (Å²) >= 11 is 0. The van der Waals surface area contributed by atoms with Gasteiger partial charge in [0.2, 0.25) is 17.6 Å². The number of fused-ring (bicyclic) bond motifs is 1. The van der Waals surface area contributed by atoms with Crippen molar-refractivity contribution in [2.24, 2.45) is 0 Å². The summed E-state index contributed by atoms with van der Waals surface area (Å²) in [6, 6.07) is 5.64. The minimum atomic E-state index is -0.00819. The molecule has 1 amide bonds. The molecule has 1 atom stereocenters. The van der Waals surface area contributed by atoms with E-state index >= 15 is 0 Å². The maximum absolute atomic E-state index is 12.2. The molecule has 128 valence electrons. The van der Waals surface area contributed by atoms with Gasteiger partial charge in [-0.1, -0.05) is 11.2 Å². The second kappa shape index (κ2) is 6.84. The Bertz CT molecular complexity index is 857. The van der Waals surface area contributed by atoms with Gasteiger partial charge in [-0.2, -0.15) is 4.98 Å². The summed E-state index contributed by atoms with van der Waals surface area (Å²) in [5.41, 5.74) is 0.653. The number of rotatable bonds is 5. The van der Waals surface area contributed by atoms with Crippen molar-refractivity contribution in [3.8, 4) is 11.5 Å². The first-order valence-electron chi connectivity index (χ1n) is 8.31. The van der Waals surface area contributed by atoms with E-state index in [1.54, 1.807) is 12.4 Å². The Hall–Kier alpha value is -3.03. The molecule has 0 aromatic carbocycles. The average Bonchev–Trinajstić information content (AvgIpc) is 3.30. The zero-order valence-corrected chi connectivity index (χ0v) is 13.6. The third kappa shape index (κ3) is 3.57. The number of amides is 1. The van der Waals surface area contributed by atoms with E-state index in [0.29, 0.717) is 30.3 Å². The first-order chi connectivity index (χ1) is 12.3. The Balaban J connectivity index is 1.29. The minimum Gasteiger partial charge on any atom is -0.352 e. The van der Waals surface area contributed by atoms with Crippen LogP contribution in [-0.4, -0.2) is 36.6 Å². The van der Waals surface area contributed by atoms with E-state index in [-0.39, 0.29) is 11.9 Å². The van der Waals surface area contributed by atoms with E-state index in [1.807, 2.05) is 24.4 Å². The summed E-state index contributed by atoms with van der Waals surface area (Å²) in [6.45, 7) is 0.769. The molecule has 0 radical (unpaired) electrons. The third-order valence-corrected chi connectivity index (χ3v) is 4.23. The van der Waals surface area contributed by atoms with Crippen LogP contribution in [-0.2, 0) is 24.2 Å². The molecule has 4 rings (SSSR count). The summed E-state index contributed by atoms with van der Waals surface area (Å²) in [5.74, 6) is 1.96. The van der Waals surface area contributed by atoms with E-state index in [9.17, 15) is 4.79 Å². The van der Waals surface area contributed by atoms with Crippen LogP contribution in [0.25, 0.3) is 11.5 Å². The quantitative estimate of drug-likeness (QED) is 0.755. The van der Waals surface area contributed by atoms with Crippen molar-refractivity contribution in [3.05, 3.63) is 48.5 Å². The maximum atomic E-state index is 12.2. The molecular weight excluding hydrogens is 320 g/mol. The standard InChI is InChI=1S/C17H18N6O2/c24-15(20-12-4-5-14-19-9-10-23(14)11-12)6-7-16-21-17(22-25-16)13-3-1-2-8-18-13/h1-3,8-10,12H,4-7,11H2,(H,20,24)/t12-/m1/s1. The fourth-order valence-electron chi connectivity index (χ4n) is 2.96. The predicted octanol–water partition coefficient (Wildman–Crippen LogP) is 1.39. The van der Waals surface area contributed by atoms with E-state index in [4.69, 9.17) is 4.52 Å². The number of nitrogens with zero attached hydrogens (tertiary/aromatic N) is 5. The minimum absolute atomic E-state index is 0.00819. The zero-order chi connectivity index (χ0) is 17.1. The lowest BCUT2D eigenvalue weighted by Crippen LogP contribution is -2.41. The van der Waals surface area contributed by atoms with Crippen molar-refractivity contribution in [1.29, 1.82) is 0 Å². The van der Waals surface area contributed by atoms with Crippen LogP contribution >= 0.6 is 0 Å². The number of imidazole rings is 1. The predicted molar refractivity (Wildman–Crippen MR) is 88.3 cm³/mol. The van der Waals surface area contributed by atoms with Gasteiger partial charge in [-0.05, 0) is 18.6 Å². The molecule has 0 spiro atoms. The molecule has 1 aliphatic rings. The molecule has 3 aromatic heterocycles. The number of aryl methyl sites for hydroxylation is 2. The topological polar surface area (TPSA) is 98.7 Å². The van der Waals surface area contributed by atoms with Gasteiger partial charge in [0.25, 0.3) is 0 Å². The van der Waals surface area contributed by atoms with Crippen LogP contribution in [0.5, 0.6) is 0 Å². The van der Waals surface area contributed by atoms with Crippen molar-refractivity contribution < 1.29 is 9.32 Å². The van der Waals surface area contributed by atoms with Crippen LogP contribution < -0.4 is 5.32 Å². The lowest BCUT2D eigenvalue weighted by Gasteiger charge is -2.24. The number of aromatic nitrogens is 5. The molecule has 25 heavy (non-hydrogen) atoms. The van der Waals surface area contributed by atoms with Crippen LogP contribution in [0.3, 0.4) is 0 Å². The van der Waals surface area contributed by atoms with Crippen LogP contribution in [0.15, 0.2) is 41.3 Å². The van der Waals surface area contributed by atoms with Gasteiger partial charge in [-0.15, -0.1) is 0 Å². The molecule has 0 saturated carbocycles. The van der Waals surface area contributed by atoms with Gasteiger partial charge < -0.3 is 14.4 Å². The maximum Gasteiger partial charge on any atom is 0.227 e. The Morgan fingerprint density at radius 3 is 3.16 bits per heavy atom. The number of carbonyl (C=O) groups is 1. The Morgan fingerprint density at radius 1 is 1.32 bits per heavy atom. The Labute approximate surface area is 144 Å². The van der Waals surface area contributed by atoms with E-state index < -0.39 is 0 Å². The van der Waals surface area contributed by atoms with Crippen LogP contribution in [0.4, 0.5) is 0 Å². The van der Waals surface area contributed by atoms with Crippen LogP contribution in [0.1, 0.15) is 24.6 Å². The highest BCUT2D eigenvalue weighted by Crippen LogP contribution is 2.14. The fraction of sp³-hybridized carbons (Fsp3) is 0.353. The van der Waals surface area contributed by atoms with Gasteiger partial charge >= 0.3 is 0 Å². The summed E-state index contributed by atoms with van der Waals surface area (Å²) < 4.78 is 7.29. The molecular formula is C17H18N6O2. The first kappa shape index (κ1) is 15.5. The van der Waals surface area contributed by atoms with E-state index in [0.717, 1.165) is 25.2 Å². The molecule has 1 N–H and O–H groups in total. The number of carbonyl (C=O) groups excluding carboxylic acids is 1. The second-order valence-corrected chi connectivity index (χ2v) is 6.03. The fourth-order valence-corrected chi connectivity index (χ4v) is 2.96. The van der Waals surface area contributed by atoms with Gasteiger partial charge in [0, 0.05) is 50.4 Å². The SMILES string of the molecule is O=C(CCc1nc(-c2ccccn2)no1)N[C@@H]1CCc2nccn2C1. The van der Waals surface area contributed by atoms with Crippen molar-refractivity contribution in [2.75, 3.05) is 0 Å². The smallest absolute Gasteiger partial charge is 0.227 e. The largest absolute Gasteiger partial charge is 0.352 e.